The summed E-state index contributed by atoms with van der Waals surface area (Å²) in [5.74, 6) is 2.13. The quantitative estimate of drug-likeness (QED) is 0.861. The zero-order chi connectivity index (χ0) is 18.8. The van der Waals surface area contributed by atoms with E-state index in [2.05, 4.69) is 47.0 Å². The van der Waals surface area contributed by atoms with Crippen molar-refractivity contribution in [3.05, 3.63) is 47.6 Å². The second kappa shape index (κ2) is 7.78. The molecule has 27 heavy (non-hydrogen) atoms. The molecule has 0 spiro atoms. The van der Waals surface area contributed by atoms with Crippen molar-refractivity contribution in [1.29, 1.82) is 0 Å². The van der Waals surface area contributed by atoms with E-state index in [0.717, 1.165) is 43.2 Å². The van der Waals surface area contributed by atoms with Gasteiger partial charge < -0.3 is 9.42 Å². The molecule has 2 fully saturated rings. The zero-order valence-corrected chi connectivity index (χ0v) is 15.9. The fourth-order valence-electron chi connectivity index (χ4n) is 3.93. The highest BCUT2D eigenvalue weighted by molar-refractivity contribution is 5.80. The van der Waals surface area contributed by atoms with E-state index in [1.807, 2.05) is 23.1 Å². The summed E-state index contributed by atoms with van der Waals surface area (Å²) in [5, 5.41) is 4.07. The van der Waals surface area contributed by atoms with Gasteiger partial charge in [-0.1, -0.05) is 49.3 Å². The number of hydrazine groups is 1. The second-order valence-electron chi connectivity index (χ2n) is 7.77. The van der Waals surface area contributed by atoms with Crippen LogP contribution in [0.2, 0.25) is 0 Å². The van der Waals surface area contributed by atoms with Crippen molar-refractivity contribution in [1.82, 2.24) is 25.9 Å². The number of piperidine rings is 1. The van der Waals surface area contributed by atoms with Gasteiger partial charge in [-0.2, -0.15) is 4.98 Å². The summed E-state index contributed by atoms with van der Waals surface area (Å²) in [4.78, 5) is 19.6. The maximum Gasteiger partial charge on any atom is 0.229 e. The Hall–Kier alpha value is -2.25. The van der Waals surface area contributed by atoms with Crippen molar-refractivity contribution >= 4 is 5.91 Å². The molecule has 2 N–H and O–H groups in total. The lowest BCUT2D eigenvalue weighted by atomic mass is 9.91. The lowest BCUT2D eigenvalue weighted by Crippen LogP contribution is -2.43. The van der Waals surface area contributed by atoms with Crippen LogP contribution in [-0.2, 0) is 4.79 Å². The van der Waals surface area contributed by atoms with Crippen LogP contribution in [-0.4, -0.2) is 40.6 Å². The molecule has 2 unspecified atom stereocenters. The van der Waals surface area contributed by atoms with Crippen LogP contribution in [0.5, 0.6) is 0 Å². The number of aromatic nitrogens is 2. The predicted molar refractivity (Wildman–Crippen MR) is 101 cm³/mol. The van der Waals surface area contributed by atoms with Crippen molar-refractivity contribution < 1.29 is 9.32 Å². The molecular weight excluding hydrogens is 342 g/mol. The van der Waals surface area contributed by atoms with Gasteiger partial charge in [0.1, 0.15) is 0 Å². The Bertz CT molecular complexity index is 768. The van der Waals surface area contributed by atoms with Crippen LogP contribution < -0.4 is 10.9 Å². The third kappa shape index (κ3) is 3.75. The van der Waals surface area contributed by atoms with Crippen LogP contribution in [0.1, 0.15) is 61.8 Å². The molecule has 7 heteroatoms. The molecule has 4 rings (SSSR count). The number of amides is 1. The summed E-state index contributed by atoms with van der Waals surface area (Å²) in [7, 11) is 0. The molecule has 0 aliphatic carbocycles. The summed E-state index contributed by atoms with van der Waals surface area (Å²) < 4.78 is 5.45. The van der Waals surface area contributed by atoms with Gasteiger partial charge in [0.2, 0.25) is 11.8 Å². The monoisotopic (exact) mass is 369 g/mol. The van der Waals surface area contributed by atoms with Crippen LogP contribution >= 0.6 is 0 Å². The summed E-state index contributed by atoms with van der Waals surface area (Å²) >= 11 is 0. The summed E-state index contributed by atoms with van der Waals surface area (Å²) in [5.41, 5.74) is 7.56. The van der Waals surface area contributed by atoms with E-state index in [4.69, 9.17) is 4.52 Å². The molecule has 2 aliphatic rings. The van der Waals surface area contributed by atoms with Gasteiger partial charge in [-0.25, -0.2) is 5.43 Å². The van der Waals surface area contributed by atoms with Gasteiger partial charge >= 0.3 is 0 Å². The third-order valence-electron chi connectivity index (χ3n) is 5.59. The first kappa shape index (κ1) is 18.1. The maximum absolute atomic E-state index is 13.1. The number of nitrogens with one attached hydrogen (secondary N) is 2. The van der Waals surface area contributed by atoms with Gasteiger partial charge in [-0.05, 0) is 18.4 Å². The van der Waals surface area contributed by atoms with E-state index in [1.54, 1.807) is 0 Å². The summed E-state index contributed by atoms with van der Waals surface area (Å²) in [6, 6.07) is 10.2. The minimum atomic E-state index is -0.0834. The van der Waals surface area contributed by atoms with Crippen LogP contribution in [0.3, 0.4) is 0 Å². The molecule has 2 aromatic rings. The van der Waals surface area contributed by atoms with E-state index in [-0.39, 0.29) is 29.7 Å². The van der Waals surface area contributed by atoms with Crippen molar-refractivity contribution in [2.75, 3.05) is 19.6 Å². The molecule has 1 aromatic heterocycles. The molecule has 0 saturated carbocycles. The van der Waals surface area contributed by atoms with E-state index < -0.39 is 0 Å². The summed E-state index contributed by atoms with van der Waals surface area (Å²) in [6.07, 6.45) is 1.74. The predicted octanol–water partition coefficient (Wildman–Crippen LogP) is 2.36. The van der Waals surface area contributed by atoms with E-state index in [0.29, 0.717) is 6.54 Å². The number of nitrogens with zero attached hydrogens (tertiary/aromatic N) is 3. The van der Waals surface area contributed by atoms with Crippen molar-refractivity contribution in [2.45, 2.75) is 44.6 Å². The molecule has 2 aliphatic heterocycles. The van der Waals surface area contributed by atoms with Gasteiger partial charge in [0.15, 0.2) is 5.82 Å². The number of rotatable bonds is 4. The van der Waals surface area contributed by atoms with E-state index in [1.165, 1.54) is 0 Å². The highest BCUT2D eigenvalue weighted by Gasteiger charge is 2.38. The number of likely N-dealkylation sites (tertiary alicyclic amines) is 1. The smallest absolute Gasteiger partial charge is 0.229 e. The highest BCUT2D eigenvalue weighted by atomic mass is 16.5. The van der Waals surface area contributed by atoms with E-state index in [9.17, 15) is 4.79 Å². The van der Waals surface area contributed by atoms with E-state index >= 15 is 0 Å². The molecule has 2 saturated heterocycles. The average molecular weight is 369 g/mol. The van der Waals surface area contributed by atoms with Gasteiger partial charge in [0.05, 0.1) is 12.0 Å². The zero-order valence-electron chi connectivity index (χ0n) is 15.9. The molecule has 0 radical (unpaired) electrons. The van der Waals surface area contributed by atoms with Gasteiger partial charge in [-0.15, -0.1) is 0 Å². The fourth-order valence-corrected chi connectivity index (χ4v) is 3.93. The van der Waals surface area contributed by atoms with Gasteiger partial charge in [-0.3, -0.25) is 10.2 Å². The average Bonchev–Trinajstić information content (AvgIpc) is 3.38. The molecule has 0 bridgehead atoms. The first-order chi connectivity index (χ1) is 13.1. The Kier molecular flexibility index (Phi) is 5.22. The van der Waals surface area contributed by atoms with Gasteiger partial charge in [0, 0.05) is 31.5 Å². The van der Waals surface area contributed by atoms with Crippen LogP contribution in [0.25, 0.3) is 0 Å². The summed E-state index contributed by atoms with van der Waals surface area (Å²) in [6.45, 7) is 6.24. The highest BCUT2D eigenvalue weighted by Crippen LogP contribution is 2.31. The largest absolute Gasteiger partial charge is 0.342 e. The molecular formula is C20H27N5O2. The van der Waals surface area contributed by atoms with Crippen LogP contribution in [0.15, 0.2) is 34.9 Å². The topological polar surface area (TPSA) is 83.3 Å². The minimum absolute atomic E-state index is 0.0148. The Morgan fingerprint density at radius 3 is 2.63 bits per heavy atom. The lowest BCUT2D eigenvalue weighted by molar-refractivity contribution is -0.136. The Balaban J connectivity index is 1.38. The number of hydrogen-bond acceptors (Lipinski definition) is 6. The molecule has 1 aromatic carbocycles. The fraction of sp³-hybridized carbons (Fsp3) is 0.550. The number of carbonyl (C=O) groups is 1. The molecule has 144 valence electrons. The minimum Gasteiger partial charge on any atom is -0.342 e. The first-order valence-corrected chi connectivity index (χ1v) is 9.79. The first-order valence-electron chi connectivity index (χ1n) is 9.79. The Morgan fingerprint density at radius 1 is 1.22 bits per heavy atom. The number of hydrogen-bond donors (Lipinski definition) is 2. The second-order valence-corrected chi connectivity index (χ2v) is 7.77. The standard InChI is InChI=1S/C20H27N5O2/c1-13(2)18-22-19(27-24-18)15-8-10-25(11-9-15)20(26)16-12-21-23-17(16)14-6-4-3-5-7-14/h3-7,13,15-17,21,23H,8-12H2,1-2H3. The lowest BCUT2D eigenvalue weighted by Gasteiger charge is -2.33. The molecule has 2 atom stereocenters. The normalized spacial score (nSPS) is 23.9. The number of benzene rings is 1. The molecule has 1 amide bonds. The number of carbonyl (C=O) groups excluding carboxylic acids is 1. The van der Waals surface area contributed by atoms with Crippen molar-refractivity contribution in [3.63, 3.8) is 0 Å². The third-order valence-corrected chi connectivity index (χ3v) is 5.59. The SMILES string of the molecule is CC(C)c1noc(C2CCN(C(=O)C3CNNC3c3ccccc3)CC2)n1. The Labute approximate surface area is 159 Å². The maximum atomic E-state index is 13.1. The molecule has 3 heterocycles. The van der Waals surface area contributed by atoms with Crippen molar-refractivity contribution in [3.8, 4) is 0 Å². The van der Waals surface area contributed by atoms with Crippen LogP contribution in [0, 0.1) is 5.92 Å². The van der Waals surface area contributed by atoms with Gasteiger partial charge in [0.25, 0.3) is 0 Å². The molecule has 7 nitrogen and oxygen atoms in total. The van der Waals surface area contributed by atoms with Crippen LogP contribution in [0.4, 0.5) is 0 Å². The van der Waals surface area contributed by atoms with Crippen molar-refractivity contribution in [2.24, 2.45) is 5.92 Å². The Morgan fingerprint density at radius 2 is 1.96 bits per heavy atom.